The first-order valence-corrected chi connectivity index (χ1v) is 9.09. The van der Waals surface area contributed by atoms with E-state index in [-0.39, 0.29) is 0 Å². The number of aromatic nitrogens is 2. The molecule has 2 rings (SSSR count). The van der Waals surface area contributed by atoms with Gasteiger partial charge in [-0.2, -0.15) is 5.10 Å². The minimum atomic E-state index is 0.597. The SMILES string of the molecule is CCCC[C@@H](CC)CCN[C@H]1CCCN(c2cccnn2)C1. The third-order valence-corrected chi connectivity index (χ3v) is 4.83. The minimum absolute atomic E-state index is 0.597. The van der Waals surface area contributed by atoms with Gasteiger partial charge in [-0.25, -0.2) is 0 Å². The van der Waals surface area contributed by atoms with Crippen LogP contribution in [0.3, 0.4) is 0 Å². The van der Waals surface area contributed by atoms with Crippen molar-refractivity contribution in [3.8, 4) is 0 Å². The van der Waals surface area contributed by atoms with E-state index in [9.17, 15) is 0 Å². The number of piperidine rings is 1. The number of unbranched alkanes of at least 4 members (excludes halogenated alkanes) is 1. The zero-order chi connectivity index (χ0) is 15.6. The zero-order valence-electron chi connectivity index (χ0n) is 14.3. The standard InChI is InChI=1S/C18H32N4/c1-3-5-8-16(4-2)11-13-19-17-9-7-14-22(15-17)18-10-6-12-20-21-18/h6,10,12,16-17,19H,3-5,7-9,11,13-15H2,1-2H3/t16-,17+/m1/s1. The maximum atomic E-state index is 4.24. The Labute approximate surface area is 135 Å². The average molecular weight is 304 g/mol. The molecule has 0 radical (unpaired) electrons. The summed E-state index contributed by atoms with van der Waals surface area (Å²) in [5.41, 5.74) is 0. The van der Waals surface area contributed by atoms with Crippen LogP contribution in [0, 0.1) is 5.92 Å². The quantitative estimate of drug-likeness (QED) is 0.756. The lowest BCUT2D eigenvalue weighted by atomic mass is 9.95. The summed E-state index contributed by atoms with van der Waals surface area (Å²) in [6, 6.07) is 4.63. The van der Waals surface area contributed by atoms with Crippen LogP contribution in [0.5, 0.6) is 0 Å². The Morgan fingerprint density at radius 2 is 2.27 bits per heavy atom. The second kappa shape index (κ2) is 9.78. The number of nitrogens with zero attached hydrogens (tertiary/aromatic N) is 3. The Bertz CT molecular complexity index is 395. The van der Waals surface area contributed by atoms with E-state index < -0.39 is 0 Å². The lowest BCUT2D eigenvalue weighted by Gasteiger charge is -2.34. The van der Waals surface area contributed by atoms with Crippen LogP contribution in [0.25, 0.3) is 0 Å². The van der Waals surface area contributed by atoms with Crippen LogP contribution in [0.15, 0.2) is 18.3 Å². The number of nitrogens with one attached hydrogen (secondary N) is 1. The molecule has 124 valence electrons. The first kappa shape index (κ1) is 17.2. The molecule has 1 aliphatic rings. The Morgan fingerprint density at radius 3 is 3.00 bits per heavy atom. The van der Waals surface area contributed by atoms with Crippen molar-refractivity contribution in [1.82, 2.24) is 15.5 Å². The summed E-state index contributed by atoms with van der Waals surface area (Å²) >= 11 is 0. The summed E-state index contributed by atoms with van der Waals surface area (Å²) in [6.45, 7) is 7.93. The maximum absolute atomic E-state index is 4.24. The molecule has 1 fully saturated rings. The van der Waals surface area contributed by atoms with Crippen molar-refractivity contribution in [2.24, 2.45) is 5.92 Å². The molecule has 4 heteroatoms. The van der Waals surface area contributed by atoms with E-state index in [0.717, 1.165) is 31.4 Å². The molecule has 1 N–H and O–H groups in total. The van der Waals surface area contributed by atoms with Crippen molar-refractivity contribution in [1.29, 1.82) is 0 Å². The second-order valence-electron chi connectivity index (χ2n) is 6.53. The predicted molar refractivity (Wildman–Crippen MR) is 93.2 cm³/mol. The van der Waals surface area contributed by atoms with Crippen LogP contribution in [-0.4, -0.2) is 35.9 Å². The van der Waals surface area contributed by atoms with Gasteiger partial charge in [0.25, 0.3) is 0 Å². The van der Waals surface area contributed by atoms with Gasteiger partial charge in [-0.1, -0.05) is 39.5 Å². The van der Waals surface area contributed by atoms with Gasteiger partial charge in [-0.05, 0) is 43.9 Å². The van der Waals surface area contributed by atoms with Gasteiger partial charge in [0.2, 0.25) is 0 Å². The van der Waals surface area contributed by atoms with E-state index in [1.54, 1.807) is 6.20 Å². The Kier molecular flexibility index (Phi) is 7.64. The smallest absolute Gasteiger partial charge is 0.151 e. The molecule has 2 atom stereocenters. The van der Waals surface area contributed by atoms with Crippen molar-refractivity contribution in [2.75, 3.05) is 24.5 Å². The first-order chi connectivity index (χ1) is 10.8. The van der Waals surface area contributed by atoms with Crippen molar-refractivity contribution < 1.29 is 0 Å². The van der Waals surface area contributed by atoms with Gasteiger partial charge in [0.1, 0.15) is 0 Å². The lowest BCUT2D eigenvalue weighted by molar-refractivity contribution is 0.370. The molecule has 0 unspecified atom stereocenters. The molecule has 2 heterocycles. The molecule has 1 aliphatic heterocycles. The molecule has 0 spiro atoms. The molecule has 0 amide bonds. The highest BCUT2D eigenvalue weighted by Crippen LogP contribution is 2.18. The number of rotatable bonds is 9. The topological polar surface area (TPSA) is 41.0 Å². The summed E-state index contributed by atoms with van der Waals surface area (Å²) < 4.78 is 0. The van der Waals surface area contributed by atoms with E-state index in [1.807, 2.05) is 6.07 Å². The normalized spacial score (nSPS) is 20.1. The zero-order valence-corrected chi connectivity index (χ0v) is 14.3. The molecule has 4 nitrogen and oxygen atoms in total. The van der Waals surface area contributed by atoms with Crippen molar-refractivity contribution in [3.63, 3.8) is 0 Å². The molecular weight excluding hydrogens is 272 g/mol. The van der Waals surface area contributed by atoms with Gasteiger partial charge >= 0.3 is 0 Å². The van der Waals surface area contributed by atoms with Crippen LogP contribution in [0.4, 0.5) is 5.82 Å². The molecule has 1 aromatic rings. The molecule has 22 heavy (non-hydrogen) atoms. The Morgan fingerprint density at radius 1 is 1.36 bits per heavy atom. The van der Waals surface area contributed by atoms with Crippen LogP contribution in [0.1, 0.15) is 58.8 Å². The molecule has 1 aromatic heterocycles. The van der Waals surface area contributed by atoms with Crippen molar-refractivity contribution in [3.05, 3.63) is 18.3 Å². The van der Waals surface area contributed by atoms with E-state index >= 15 is 0 Å². The molecule has 0 aliphatic carbocycles. The van der Waals surface area contributed by atoms with Gasteiger partial charge in [0.15, 0.2) is 5.82 Å². The highest BCUT2D eigenvalue weighted by Gasteiger charge is 2.20. The van der Waals surface area contributed by atoms with Crippen LogP contribution >= 0.6 is 0 Å². The van der Waals surface area contributed by atoms with E-state index in [2.05, 4.69) is 40.3 Å². The highest BCUT2D eigenvalue weighted by molar-refractivity contribution is 5.37. The van der Waals surface area contributed by atoms with E-state index in [0.29, 0.717) is 6.04 Å². The Hall–Kier alpha value is -1.16. The van der Waals surface area contributed by atoms with Crippen molar-refractivity contribution in [2.45, 2.75) is 64.8 Å². The summed E-state index contributed by atoms with van der Waals surface area (Å²) in [6.07, 6.45) is 11.0. The van der Waals surface area contributed by atoms with Crippen LogP contribution in [0.2, 0.25) is 0 Å². The monoisotopic (exact) mass is 304 g/mol. The van der Waals surface area contributed by atoms with Crippen molar-refractivity contribution >= 4 is 5.82 Å². The second-order valence-corrected chi connectivity index (χ2v) is 6.53. The summed E-state index contributed by atoms with van der Waals surface area (Å²) in [7, 11) is 0. The largest absolute Gasteiger partial charge is 0.354 e. The average Bonchev–Trinajstić information content (AvgIpc) is 2.59. The number of hydrogen-bond acceptors (Lipinski definition) is 4. The summed E-state index contributed by atoms with van der Waals surface area (Å²) in [5, 5.41) is 12.0. The van der Waals surface area contributed by atoms with Gasteiger partial charge < -0.3 is 10.2 Å². The summed E-state index contributed by atoms with van der Waals surface area (Å²) in [5.74, 6) is 1.91. The highest BCUT2D eigenvalue weighted by atomic mass is 15.3. The third-order valence-electron chi connectivity index (χ3n) is 4.83. The van der Waals surface area contributed by atoms with Gasteiger partial charge in [-0.3, -0.25) is 0 Å². The summed E-state index contributed by atoms with van der Waals surface area (Å²) in [4.78, 5) is 2.36. The lowest BCUT2D eigenvalue weighted by Crippen LogP contribution is -2.46. The Balaban J connectivity index is 1.71. The first-order valence-electron chi connectivity index (χ1n) is 9.09. The molecule has 0 aromatic carbocycles. The van der Waals surface area contributed by atoms with Gasteiger partial charge in [0.05, 0.1) is 0 Å². The van der Waals surface area contributed by atoms with Gasteiger partial charge in [-0.15, -0.1) is 5.10 Å². The fourth-order valence-corrected chi connectivity index (χ4v) is 3.35. The predicted octanol–water partition coefficient (Wildman–Crippen LogP) is 3.64. The van der Waals surface area contributed by atoms with Crippen LogP contribution < -0.4 is 10.2 Å². The number of hydrogen-bond donors (Lipinski definition) is 1. The maximum Gasteiger partial charge on any atom is 0.151 e. The fourth-order valence-electron chi connectivity index (χ4n) is 3.35. The minimum Gasteiger partial charge on any atom is -0.354 e. The van der Waals surface area contributed by atoms with E-state index in [4.69, 9.17) is 0 Å². The molecule has 0 saturated carbocycles. The molecule has 0 bridgehead atoms. The number of anilines is 1. The van der Waals surface area contributed by atoms with E-state index in [1.165, 1.54) is 44.9 Å². The fraction of sp³-hybridized carbons (Fsp3) is 0.778. The molecular formula is C18H32N4. The molecule has 1 saturated heterocycles. The van der Waals surface area contributed by atoms with Gasteiger partial charge in [0, 0.05) is 25.3 Å². The van der Waals surface area contributed by atoms with Crippen LogP contribution in [-0.2, 0) is 0 Å². The third kappa shape index (κ3) is 5.56.